The van der Waals surface area contributed by atoms with E-state index in [-0.39, 0.29) is 5.75 Å². The van der Waals surface area contributed by atoms with Gasteiger partial charge in [-0.05, 0) is 49.4 Å². The lowest BCUT2D eigenvalue weighted by atomic mass is 9.96. The van der Waals surface area contributed by atoms with E-state index in [1.807, 2.05) is 60.7 Å². The van der Waals surface area contributed by atoms with E-state index < -0.39 is 16.1 Å². The van der Waals surface area contributed by atoms with Gasteiger partial charge in [0.15, 0.2) is 0 Å². The van der Waals surface area contributed by atoms with Gasteiger partial charge in [0.2, 0.25) is 10.0 Å². The quantitative estimate of drug-likeness (QED) is 0.676. The molecule has 1 aliphatic rings. The Balaban J connectivity index is 1.37. The number of aliphatic hydroxyl groups excluding tert-OH is 1. The van der Waals surface area contributed by atoms with Crippen LogP contribution in [0.2, 0.25) is 0 Å². The third-order valence-corrected chi connectivity index (χ3v) is 6.76. The van der Waals surface area contributed by atoms with Gasteiger partial charge in [0.25, 0.3) is 0 Å². The normalized spacial score (nSPS) is 17.5. The number of likely N-dealkylation sites (tertiary alicyclic amines) is 1. The first-order chi connectivity index (χ1) is 13.5. The Hall–Kier alpha value is -1.73. The summed E-state index contributed by atoms with van der Waals surface area (Å²) in [7, 11) is -3.25. The Morgan fingerprint density at radius 1 is 1.00 bits per heavy atom. The highest BCUT2D eigenvalue weighted by Gasteiger charge is 2.23. The second kappa shape index (κ2) is 10.2. The minimum absolute atomic E-state index is 0.124. The van der Waals surface area contributed by atoms with E-state index >= 15 is 0 Å². The number of β-amino-alcohol motifs (C(OH)–C–C–N with tert-alkyl or cyclic N) is 1. The molecule has 2 N–H and O–H groups in total. The molecule has 152 valence electrons. The van der Waals surface area contributed by atoms with Crippen LogP contribution in [0.5, 0.6) is 0 Å². The summed E-state index contributed by atoms with van der Waals surface area (Å²) in [6, 6.07) is 19.4. The van der Waals surface area contributed by atoms with Crippen molar-refractivity contribution in [1.82, 2.24) is 9.62 Å². The van der Waals surface area contributed by atoms with Gasteiger partial charge in [-0.3, -0.25) is 0 Å². The number of aliphatic hydroxyl groups is 1. The smallest absolute Gasteiger partial charge is 0.211 e. The summed E-state index contributed by atoms with van der Waals surface area (Å²) >= 11 is 0. The van der Waals surface area contributed by atoms with Gasteiger partial charge in [0.1, 0.15) is 0 Å². The summed E-state index contributed by atoms with van der Waals surface area (Å²) in [5, 5.41) is 10.4. The summed E-state index contributed by atoms with van der Waals surface area (Å²) in [4.78, 5) is 2.26. The molecule has 1 fully saturated rings. The highest BCUT2D eigenvalue weighted by Crippen LogP contribution is 2.20. The number of nitrogens with zero attached hydrogens (tertiary/aromatic N) is 1. The lowest BCUT2D eigenvalue weighted by Gasteiger charge is -2.33. The molecule has 0 unspecified atom stereocenters. The topological polar surface area (TPSA) is 69.6 Å². The fourth-order valence-electron chi connectivity index (χ4n) is 3.61. The van der Waals surface area contributed by atoms with Crippen molar-refractivity contribution in [1.29, 1.82) is 0 Å². The number of nitrogens with one attached hydrogen (secondary N) is 1. The van der Waals surface area contributed by atoms with Crippen LogP contribution in [-0.4, -0.2) is 50.4 Å². The molecule has 1 aliphatic heterocycles. The second-order valence-corrected chi connectivity index (χ2v) is 9.50. The van der Waals surface area contributed by atoms with Crippen molar-refractivity contribution in [3.05, 3.63) is 71.8 Å². The van der Waals surface area contributed by atoms with E-state index in [1.54, 1.807) is 0 Å². The summed E-state index contributed by atoms with van der Waals surface area (Å²) in [5.74, 6) is 0.482. The number of piperidine rings is 1. The van der Waals surface area contributed by atoms with E-state index in [1.165, 1.54) is 0 Å². The molecular formula is C22H30N2O3S. The molecule has 1 heterocycles. The van der Waals surface area contributed by atoms with E-state index in [4.69, 9.17) is 0 Å². The standard InChI is InChI=1S/C22H30N2O3S/c25-22(21-9-5-2-6-10-21)18-24-14-11-20(12-15-24)17-23-28(26,27)16-13-19-7-3-1-4-8-19/h1-10,20,22-23,25H,11-18H2/t22-/m0/s1. The second-order valence-electron chi connectivity index (χ2n) is 7.57. The fraction of sp³-hybridized carbons (Fsp3) is 0.455. The molecule has 6 heteroatoms. The Labute approximate surface area is 168 Å². The zero-order chi connectivity index (χ0) is 19.8. The Morgan fingerprint density at radius 3 is 2.25 bits per heavy atom. The first-order valence-electron chi connectivity index (χ1n) is 9.98. The number of rotatable bonds is 9. The number of sulfonamides is 1. The van der Waals surface area contributed by atoms with Crippen molar-refractivity contribution in [3.8, 4) is 0 Å². The molecule has 5 nitrogen and oxygen atoms in total. The van der Waals surface area contributed by atoms with Crippen molar-refractivity contribution in [2.75, 3.05) is 31.9 Å². The van der Waals surface area contributed by atoms with E-state index in [9.17, 15) is 13.5 Å². The minimum atomic E-state index is -3.25. The van der Waals surface area contributed by atoms with Gasteiger partial charge in [-0.2, -0.15) is 0 Å². The maximum atomic E-state index is 12.3. The predicted octanol–water partition coefficient (Wildman–Crippen LogP) is 2.59. The van der Waals surface area contributed by atoms with Crippen molar-refractivity contribution < 1.29 is 13.5 Å². The van der Waals surface area contributed by atoms with Gasteiger partial charge >= 0.3 is 0 Å². The molecule has 0 aromatic heterocycles. The van der Waals surface area contributed by atoms with Gasteiger partial charge in [0, 0.05) is 13.1 Å². The van der Waals surface area contributed by atoms with Crippen LogP contribution >= 0.6 is 0 Å². The van der Waals surface area contributed by atoms with Crippen LogP contribution in [0, 0.1) is 5.92 Å². The van der Waals surface area contributed by atoms with Crippen molar-refractivity contribution in [2.45, 2.75) is 25.4 Å². The summed E-state index contributed by atoms with van der Waals surface area (Å²) < 4.78 is 27.3. The average Bonchev–Trinajstić information content (AvgIpc) is 2.73. The van der Waals surface area contributed by atoms with Gasteiger partial charge < -0.3 is 10.0 Å². The molecule has 3 rings (SSSR count). The highest BCUT2D eigenvalue weighted by atomic mass is 32.2. The SMILES string of the molecule is O=S(=O)(CCc1ccccc1)NCC1CCN(C[C@H](O)c2ccccc2)CC1. The molecular weight excluding hydrogens is 372 g/mol. The van der Waals surface area contributed by atoms with Crippen LogP contribution < -0.4 is 4.72 Å². The zero-order valence-electron chi connectivity index (χ0n) is 16.2. The van der Waals surface area contributed by atoms with Crippen LogP contribution in [0.1, 0.15) is 30.1 Å². The third kappa shape index (κ3) is 6.71. The Morgan fingerprint density at radius 2 is 1.61 bits per heavy atom. The van der Waals surface area contributed by atoms with Crippen molar-refractivity contribution in [3.63, 3.8) is 0 Å². The van der Waals surface area contributed by atoms with E-state index in [2.05, 4.69) is 9.62 Å². The highest BCUT2D eigenvalue weighted by molar-refractivity contribution is 7.89. The molecule has 1 saturated heterocycles. The van der Waals surface area contributed by atoms with Crippen LogP contribution in [0.4, 0.5) is 0 Å². The monoisotopic (exact) mass is 402 g/mol. The first-order valence-corrected chi connectivity index (χ1v) is 11.6. The van der Waals surface area contributed by atoms with Crippen LogP contribution in [0.15, 0.2) is 60.7 Å². The molecule has 28 heavy (non-hydrogen) atoms. The van der Waals surface area contributed by atoms with E-state index in [0.29, 0.717) is 25.4 Å². The minimum Gasteiger partial charge on any atom is -0.387 e. The van der Waals surface area contributed by atoms with Gasteiger partial charge in [0.05, 0.1) is 11.9 Å². The third-order valence-electron chi connectivity index (χ3n) is 5.42. The molecule has 1 atom stereocenters. The molecule has 0 amide bonds. The van der Waals surface area contributed by atoms with Gasteiger partial charge in [-0.15, -0.1) is 0 Å². The van der Waals surface area contributed by atoms with Gasteiger partial charge in [-0.1, -0.05) is 60.7 Å². The van der Waals surface area contributed by atoms with E-state index in [0.717, 1.165) is 37.1 Å². The number of hydrogen-bond acceptors (Lipinski definition) is 4. The van der Waals surface area contributed by atoms with Crippen LogP contribution in [-0.2, 0) is 16.4 Å². The van der Waals surface area contributed by atoms with Crippen LogP contribution in [0.3, 0.4) is 0 Å². The summed E-state index contributed by atoms with van der Waals surface area (Å²) in [5.41, 5.74) is 1.98. The lowest BCUT2D eigenvalue weighted by Crippen LogP contribution is -2.40. The predicted molar refractivity (Wildman–Crippen MR) is 113 cm³/mol. The maximum absolute atomic E-state index is 12.3. The Bertz CT molecular complexity index is 804. The van der Waals surface area contributed by atoms with Gasteiger partial charge in [-0.25, -0.2) is 13.1 Å². The lowest BCUT2D eigenvalue weighted by molar-refractivity contribution is 0.0899. The molecule has 0 aliphatic carbocycles. The largest absolute Gasteiger partial charge is 0.387 e. The molecule has 2 aromatic rings. The number of benzene rings is 2. The molecule has 0 spiro atoms. The van der Waals surface area contributed by atoms with Crippen molar-refractivity contribution in [2.24, 2.45) is 5.92 Å². The molecule has 0 bridgehead atoms. The first kappa shape index (κ1) is 21.0. The maximum Gasteiger partial charge on any atom is 0.211 e. The summed E-state index contributed by atoms with van der Waals surface area (Å²) in [6.45, 7) is 2.91. The zero-order valence-corrected chi connectivity index (χ0v) is 17.0. The fourth-order valence-corrected chi connectivity index (χ4v) is 4.75. The number of aryl methyl sites for hydroxylation is 1. The average molecular weight is 403 g/mol. The molecule has 0 saturated carbocycles. The summed E-state index contributed by atoms with van der Waals surface area (Å²) in [6.07, 6.45) is 1.95. The number of hydrogen-bond donors (Lipinski definition) is 2. The molecule has 2 aromatic carbocycles. The molecule has 0 radical (unpaired) electrons. The van der Waals surface area contributed by atoms with Crippen molar-refractivity contribution >= 4 is 10.0 Å². The van der Waals surface area contributed by atoms with Crippen LogP contribution in [0.25, 0.3) is 0 Å². The Kier molecular flexibility index (Phi) is 7.62.